The van der Waals surface area contributed by atoms with Crippen molar-refractivity contribution in [2.75, 3.05) is 30.6 Å². The van der Waals surface area contributed by atoms with Gasteiger partial charge >= 0.3 is 5.97 Å². The summed E-state index contributed by atoms with van der Waals surface area (Å²) in [4.78, 5) is 57.3. The Bertz CT molecular complexity index is 813. The van der Waals surface area contributed by atoms with Crippen LogP contribution in [0.3, 0.4) is 0 Å². The maximum Gasteiger partial charge on any atom is 0.326 e. The SMILES string of the molecule is CSCCC(NC(=O)C(Cc1cnc[nH]1)NC(=O)C(CCSC)NC(=O)C(N)CCCCN)C(=O)O. The molecule has 0 saturated carbocycles. The van der Waals surface area contributed by atoms with E-state index < -0.39 is 47.9 Å². The van der Waals surface area contributed by atoms with Gasteiger partial charge in [-0.15, -0.1) is 0 Å². The van der Waals surface area contributed by atoms with Crippen LogP contribution in [0.15, 0.2) is 12.5 Å². The summed E-state index contributed by atoms with van der Waals surface area (Å²) >= 11 is 2.98. The molecule has 0 bridgehead atoms. The van der Waals surface area contributed by atoms with Crippen molar-refractivity contribution in [3.05, 3.63) is 18.2 Å². The van der Waals surface area contributed by atoms with Gasteiger partial charge in [0.2, 0.25) is 17.7 Å². The number of H-pyrrole nitrogens is 1. The fourth-order valence-corrected chi connectivity index (χ4v) is 4.23. The molecule has 0 aliphatic heterocycles. The number of nitrogens with two attached hydrogens (primary N) is 2. The second kappa shape index (κ2) is 18.0. The van der Waals surface area contributed by atoms with Crippen molar-refractivity contribution in [1.82, 2.24) is 25.9 Å². The number of thioether (sulfide) groups is 2. The zero-order valence-corrected chi connectivity index (χ0v) is 22.5. The molecule has 0 aliphatic carbocycles. The molecule has 0 aromatic carbocycles. The molecule has 0 spiro atoms. The first kappa shape index (κ1) is 31.7. The molecule has 12 nitrogen and oxygen atoms in total. The van der Waals surface area contributed by atoms with E-state index in [1.165, 1.54) is 36.0 Å². The summed E-state index contributed by atoms with van der Waals surface area (Å²) in [5.74, 6) is -1.66. The second-order valence-electron chi connectivity index (χ2n) is 8.26. The molecular formula is C22H39N7O5S2. The molecule has 1 aromatic heterocycles. The van der Waals surface area contributed by atoms with E-state index in [2.05, 4.69) is 25.9 Å². The lowest BCUT2D eigenvalue weighted by Crippen LogP contribution is -2.57. The molecule has 14 heteroatoms. The summed E-state index contributed by atoms with van der Waals surface area (Å²) in [6.07, 6.45) is 9.20. The van der Waals surface area contributed by atoms with Gasteiger partial charge in [0, 0.05) is 18.3 Å². The average molecular weight is 546 g/mol. The number of aromatic nitrogens is 2. The van der Waals surface area contributed by atoms with Crippen molar-refractivity contribution in [2.24, 2.45) is 11.5 Å². The normalized spacial score (nSPS) is 14.3. The first-order chi connectivity index (χ1) is 17.2. The first-order valence-electron chi connectivity index (χ1n) is 11.8. The minimum atomic E-state index is -1.15. The van der Waals surface area contributed by atoms with Crippen LogP contribution in [0.5, 0.6) is 0 Å². The van der Waals surface area contributed by atoms with E-state index >= 15 is 0 Å². The summed E-state index contributed by atoms with van der Waals surface area (Å²) in [5.41, 5.74) is 12.0. The van der Waals surface area contributed by atoms with Gasteiger partial charge in [-0.25, -0.2) is 9.78 Å². The Hall–Kier alpha value is -2.29. The molecule has 9 N–H and O–H groups in total. The zero-order valence-electron chi connectivity index (χ0n) is 20.8. The van der Waals surface area contributed by atoms with E-state index in [-0.39, 0.29) is 12.8 Å². The minimum absolute atomic E-state index is 0.0637. The minimum Gasteiger partial charge on any atom is -0.480 e. The summed E-state index contributed by atoms with van der Waals surface area (Å²) in [5, 5.41) is 17.4. The van der Waals surface area contributed by atoms with E-state index in [0.29, 0.717) is 43.0 Å². The van der Waals surface area contributed by atoms with E-state index in [0.717, 1.165) is 6.42 Å². The number of carboxylic acids is 1. The standard InChI is InChI=1S/C22H39N7O5S2/c1-35-9-6-16(27-19(30)15(24)5-3-4-8-23)20(31)29-18(11-14-12-25-13-26-14)21(32)28-17(22(33)34)7-10-36-2/h12-13,15-18H,3-11,23-24H2,1-2H3,(H,25,26)(H,27,30)(H,28,32)(H,29,31)(H,33,34). The molecule has 0 aliphatic rings. The van der Waals surface area contributed by atoms with Gasteiger partial charge in [0.25, 0.3) is 0 Å². The highest BCUT2D eigenvalue weighted by Gasteiger charge is 2.30. The van der Waals surface area contributed by atoms with Crippen LogP contribution < -0.4 is 27.4 Å². The number of aliphatic carboxylic acids is 1. The Labute approximate surface area is 220 Å². The molecule has 1 rings (SSSR count). The van der Waals surface area contributed by atoms with E-state index in [4.69, 9.17) is 11.5 Å². The maximum atomic E-state index is 13.2. The number of carboxylic acid groups (broad SMARTS) is 1. The quantitative estimate of drug-likeness (QED) is 0.110. The number of nitrogens with one attached hydrogen (secondary N) is 4. The Kier molecular flexibility index (Phi) is 15.9. The molecule has 204 valence electrons. The predicted octanol–water partition coefficient (Wildman–Crippen LogP) is -0.546. The van der Waals surface area contributed by atoms with Gasteiger partial charge in [-0.2, -0.15) is 23.5 Å². The third-order valence-electron chi connectivity index (χ3n) is 5.39. The van der Waals surface area contributed by atoms with Gasteiger partial charge in [-0.3, -0.25) is 14.4 Å². The van der Waals surface area contributed by atoms with Crippen molar-refractivity contribution in [3.63, 3.8) is 0 Å². The number of hydrogen-bond donors (Lipinski definition) is 7. The monoisotopic (exact) mass is 545 g/mol. The van der Waals surface area contributed by atoms with Crippen LogP contribution in [0.4, 0.5) is 0 Å². The highest BCUT2D eigenvalue weighted by molar-refractivity contribution is 7.98. The number of aromatic amines is 1. The molecule has 3 amide bonds. The lowest BCUT2D eigenvalue weighted by Gasteiger charge is -2.25. The van der Waals surface area contributed by atoms with Crippen molar-refractivity contribution in [3.8, 4) is 0 Å². The number of amides is 3. The average Bonchev–Trinajstić information content (AvgIpc) is 3.36. The summed E-state index contributed by atoms with van der Waals surface area (Å²) in [6, 6.07) is -3.86. The molecule has 1 heterocycles. The van der Waals surface area contributed by atoms with Crippen LogP contribution in [-0.2, 0) is 25.6 Å². The molecule has 4 atom stereocenters. The Balaban J connectivity index is 2.97. The predicted molar refractivity (Wildman–Crippen MR) is 143 cm³/mol. The van der Waals surface area contributed by atoms with Crippen LogP contribution in [-0.4, -0.2) is 93.5 Å². The van der Waals surface area contributed by atoms with Crippen molar-refractivity contribution < 1.29 is 24.3 Å². The van der Waals surface area contributed by atoms with Crippen LogP contribution in [0.25, 0.3) is 0 Å². The van der Waals surface area contributed by atoms with Crippen molar-refractivity contribution in [2.45, 2.75) is 62.7 Å². The number of unbranched alkanes of at least 4 members (excludes halogenated alkanes) is 1. The molecule has 36 heavy (non-hydrogen) atoms. The highest BCUT2D eigenvalue weighted by Crippen LogP contribution is 2.07. The van der Waals surface area contributed by atoms with Crippen molar-refractivity contribution >= 4 is 47.2 Å². The molecule has 0 saturated heterocycles. The van der Waals surface area contributed by atoms with Crippen LogP contribution in [0.2, 0.25) is 0 Å². The number of imidazole rings is 1. The van der Waals surface area contributed by atoms with Gasteiger partial charge in [0.05, 0.1) is 12.4 Å². The van der Waals surface area contributed by atoms with Gasteiger partial charge in [0.1, 0.15) is 18.1 Å². The molecule has 4 unspecified atom stereocenters. The van der Waals surface area contributed by atoms with Crippen LogP contribution >= 0.6 is 23.5 Å². The highest BCUT2D eigenvalue weighted by atomic mass is 32.2. The van der Waals surface area contributed by atoms with E-state index in [9.17, 15) is 24.3 Å². The largest absolute Gasteiger partial charge is 0.480 e. The van der Waals surface area contributed by atoms with Gasteiger partial charge in [-0.1, -0.05) is 6.42 Å². The second-order valence-corrected chi connectivity index (χ2v) is 10.2. The molecular weight excluding hydrogens is 506 g/mol. The Morgan fingerprint density at radius 3 is 2.08 bits per heavy atom. The number of rotatable bonds is 19. The van der Waals surface area contributed by atoms with E-state index in [1.54, 1.807) is 0 Å². The van der Waals surface area contributed by atoms with Crippen LogP contribution in [0, 0.1) is 0 Å². The van der Waals surface area contributed by atoms with Gasteiger partial charge in [0.15, 0.2) is 0 Å². The summed E-state index contributed by atoms with van der Waals surface area (Å²) < 4.78 is 0. The molecule has 1 aromatic rings. The number of nitrogens with zero attached hydrogens (tertiary/aromatic N) is 1. The topological polar surface area (TPSA) is 205 Å². The molecule has 0 radical (unpaired) electrons. The molecule has 0 fully saturated rings. The number of hydrogen-bond acceptors (Lipinski definition) is 9. The van der Waals surface area contributed by atoms with Crippen LogP contribution in [0.1, 0.15) is 37.8 Å². The maximum absolute atomic E-state index is 13.2. The zero-order chi connectivity index (χ0) is 26.9. The fourth-order valence-electron chi connectivity index (χ4n) is 3.29. The number of carbonyl (C=O) groups is 4. The Morgan fingerprint density at radius 2 is 1.53 bits per heavy atom. The smallest absolute Gasteiger partial charge is 0.326 e. The lowest BCUT2D eigenvalue weighted by atomic mass is 10.1. The fraction of sp³-hybridized carbons (Fsp3) is 0.682. The number of carbonyl (C=O) groups excluding carboxylic acids is 3. The Morgan fingerprint density at radius 1 is 0.944 bits per heavy atom. The van der Waals surface area contributed by atoms with Gasteiger partial charge < -0.3 is 37.5 Å². The van der Waals surface area contributed by atoms with Crippen molar-refractivity contribution in [1.29, 1.82) is 0 Å². The lowest BCUT2D eigenvalue weighted by molar-refractivity contribution is -0.142. The van der Waals surface area contributed by atoms with E-state index in [1.807, 2.05) is 12.5 Å². The summed E-state index contributed by atoms with van der Waals surface area (Å²) in [6.45, 7) is 0.507. The van der Waals surface area contributed by atoms with Gasteiger partial charge in [-0.05, 0) is 56.2 Å². The summed E-state index contributed by atoms with van der Waals surface area (Å²) in [7, 11) is 0. The third-order valence-corrected chi connectivity index (χ3v) is 6.67. The third kappa shape index (κ3) is 12.1. The first-order valence-corrected chi connectivity index (χ1v) is 14.6.